The fourth-order valence-electron chi connectivity index (χ4n) is 4.01. The van der Waals surface area contributed by atoms with E-state index in [9.17, 15) is 18.0 Å². The maximum absolute atomic E-state index is 13.4. The highest BCUT2D eigenvalue weighted by atomic mass is 35.5. The van der Waals surface area contributed by atoms with E-state index in [1.165, 1.54) is 24.7 Å². The Hall–Kier alpha value is -2.81. The fourth-order valence-corrected chi connectivity index (χ4v) is 4.18. The SMILES string of the molecule is CN(c1cc(C(F)(F)F)nc2ccc(Cl)cc12)C1CCC(NC(=O)c2cnco2)CC1. The number of hydrogen-bond acceptors (Lipinski definition) is 5. The molecule has 0 bridgehead atoms. The van der Waals surface area contributed by atoms with Gasteiger partial charge in [0.1, 0.15) is 5.69 Å². The Balaban J connectivity index is 1.52. The van der Waals surface area contributed by atoms with Crippen molar-refractivity contribution in [1.82, 2.24) is 15.3 Å². The van der Waals surface area contributed by atoms with Crippen LogP contribution in [-0.4, -0.2) is 35.0 Å². The Kier molecular flexibility index (Phi) is 5.79. The zero-order valence-electron chi connectivity index (χ0n) is 16.6. The second-order valence-electron chi connectivity index (χ2n) is 7.64. The predicted molar refractivity (Wildman–Crippen MR) is 110 cm³/mol. The van der Waals surface area contributed by atoms with Gasteiger partial charge in [0.2, 0.25) is 5.76 Å². The molecule has 0 saturated heterocycles. The number of fused-ring (bicyclic) bond motifs is 1. The van der Waals surface area contributed by atoms with Crippen LogP contribution in [0.1, 0.15) is 41.9 Å². The van der Waals surface area contributed by atoms with Crippen molar-refractivity contribution in [1.29, 1.82) is 0 Å². The Morgan fingerprint density at radius 2 is 1.97 bits per heavy atom. The molecule has 2 aromatic heterocycles. The van der Waals surface area contributed by atoms with Crippen LogP contribution in [0.4, 0.5) is 18.9 Å². The molecule has 31 heavy (non-hydrogen) atoms. The van der Waals surface area contributed by atoms with Crippen molar-refractivity contribution in [2.24, 2.45) is 0 Å². The van der Waals surface area contributed by atoms with Crippen molar-refractivity contribution < 1.29 is 22.4 Å². The van der Waals surface area contributed by atoms with Crippen molar-refractivity contribution in [3.05, 3.63) is 53.3 Å². The molecule has 1 saturated carbocycles. The van der Waals surface area contributed by atoms with Crippen LogP contribution in [0.25, 0.3) is 10.9 Å². The predicted octanol–water partition coefficient (Wildman–Crippen LogP) is 5.07. The molecule has 1 aliphatic carbocycles. The van der Waals surface area contributed by atoms with Crippen LogP contribution in [0.2, 0.25) is 5.02 Å². The summed E-state index contributed by atoms with van der Waals surface area (Å²) >= 11 is 6.10. The van der Waals surface area contributed by atoms with Crippen LogP contribution in [0.15, 0.2) is 41.3 Å². The largest absolute Gasteiger partial charge is 0.438 e. The number of pyridine rings is 1. The van der Waals surface area contributed by atoms with E-state index in [1.54, 1.807) is 13.1 Å². The third-order valence-corrected chi connectivity index (χ3v) is 5.89. The number of benzene rings is 1. The average molecular weight is 453 g/mol. The lowest BCUT2D eigenvalue weighted by Crippen LogP contribution is -2.43. The van der Waals surface area contributed by atoms with Crippen molar-refractivity contribution >= 4 is 34.1 Å². The Morgan fingerprint density at radius 1 is 1.23 bits per heavy atom. The van der Waals surface area contributed by atoms with E-state index >= 15 is 0 Å². The molecule has 1 aromatic carbocycles. The molecule has 164 valence electrons. The third kappa shape index (κ3) is 4.61. The van der Waals surface area contributed by atoms with Crippen molar-refractivity contribution in [2.75, 3.05) is 11.9 Å². The highest BCUT2D eigenvalue weighted by Gasteiger charge is 2.35. The zero-order chi connectivity index (χ0) is 22.2. The van der Waals surface area contributed by atoms with Gasteiger partial charge in [-0.15, -0.1) is 0 Å². The van der Waals surface area contributed by atoms with Crippen LogP contribution >= 0.6 is 11.6 Å². The third-order valence-electron chi connectivity index (χ3n) is 5.66. The normalized spacial score (nSPS) is 19.4. The first-order chi connectivity index (χ1) is 14.7. The van der Waals surface area contributed by atoms with E-state index < -0.39 is 11.9 Å². The van der Waals surface area contributed by atoms with Gasteiger partial charge >= 0.3 is 6.18 Å². The quantitative estimate of drug-likeness (QED) is 0.598. The van der Waals surface area contributed by atoms with Gasteiger partial charge in [0.15, 0.2) is 6.39 Å². The molecular formula is C21H20ClF3N4O2. The maximum Gasteiger partial charge on any atom is 0.433 e. The summed E-state index contributed by atoms with van der Waals surface area (Å²) in [6, 6.07) is 5.74. The van der Waals surface area contributed by atoms with E-state index in [0.29, 0.717) is 41.8 Å². The molecule has 2 heterocycles. The Labute approximate surface area is 181 Å². The average Bonchev–Trinajstić information content (AvgIpc) is 3.27. The number of amides is 1. The maximum atomic E-state index is 13.4. The Bertz CT molecular complexity index is 1080. The molecule has 0 radical (unpaired) electrons. The van der Waals surface area contributed by atoms with Crippen molar-refractivity contribution in [3.8, 4) is 0 Å². The first-order valence-corrected chi connectivity index (χ1v) is 10.2. The van der Waals surface area contributed by atoms with E-state index in [1.807, 2.05) is 4.90 Å². The van der Waals surface area contributed by atoms with Crippen molar-refractivity contribution in [3.63, 3.8) is 0 Å². The second kappa shape index (κ2) is 8.37. The molecule has 0 aliphatic heterocycles. The van der Waals surface area contributed by atoms with Gasteiger partial charge in [-0.25, -0.2) is 9.97 Å². The lowest BCUT2D eigenvalue weighted by Gasteiger charge is -2.36. The summed E-state index contributed by atoms with van der Waals surface area (Å²) in [4.78, 5) is 21.5. The van der Waals surface area contributed by atoms with E-state index in [4.69, 9.17) is 16.0 Å². The molecule has 1 N–H and O–H groups in total. The minimum atomic E-state index is -4.55. The molecule has 1 aliphatic rings. The monoisotopic (exact) mass is 452 g/mol. The lowest BCUT2D eigenvalue weighted by atomic mass is 9.89. The number of alkyl halides is 3. The van der Waals surface area contributed by atoms with Gasteiger partial charge in [-0.05, 0) is 49.9 Å². The molecule has 1 fully saturated rings. The van der Waals surface area contributed by atoms with Crippen LogP contribution in [0, 0.1) is 0 Å². The topological polar surface area (TPSA) is 71.3 Å². The summed E-state index contributed by atoms with van der Waals surface area (Å²) < 4.78 is 45.2. The number of anilines is 1. The van der Waals surface area contributed by atoms with Gasteiger partial charge in [-0.3, -0.25) is 4.79 Å². The summed E-state index contributed by atoms with van der Waals surface area (Å²) in [7, 11) is 1.79. The molecule has 0 spiro atoms. The van der Waals surface area contributed by atoms with Gasteiger partial charge in [-0.1, -0.05) is 11.6 Å². The first kappa shape index (κ1) is 21.4. The molecule has 3 aromatic rings. The minimum absolute atomic E-state index is 0.0177. The second-order valence-corrected chi connectivity index (χ2v) is 8.08. The molecular weight excluding hydrogens is 433 g/mol. The van der Waals surface area contributed by atoms with Gasteiger partial charge in [0.25, 0.3) is 5.91 Å². The number of hydrogen-bond donors (Lipinski definition) is 1. The van der Waals surface area contributed by atoms with E-state index in [-0.39, 0.29) is 29.3 Å². The number of nitrogens with one attached hydrogen (secondary N) is 1. The summed E-state index contributed by atoms with van der Waals surface area (Å²) in [5.74, 6) is -0.169. The zero-order valence-corrected chi connectivity index (χ0v) is 17.4. The first-order valence-electron chi connectivity index (χ1n) is 9.82. The van der Waals surface area contributed by atoms with E-state index in [0.717, 1.165) is 6.07 Å². The highest BCUT2D eigenvalue weighted by molar-refractivity contribution is 6.31. The summed E-state index contributed by atoms with van der Waals surface area (Å²) in [6.07, 6.45) is 0.822. The van der Waals surface area contributed by atoms with Gasteiger partial charge < -0.3 is 14.6 Å². The molecule has 4 rings (SSSR count). The molecule has 1 amide bonds. The van der Waals surface area contributed by atoms with E-state index in [2.05, 4.69) is 15.3 Å². The molecule has 6 nitrogen and oxygen atoms in total. The summed E-state index contributed by atoms with van der Waals surface area (Å²) in [6.45, 7) is 0. The number of oxazole rings is 1. The fraction of sp³-hybridized carbons (Fsp3) is 0.381. The molecule has 10 heteroatoms. The van der Waals surface area contributed by atoms with Crippen LogP contribution < -0.4 is 10.2 Å². The van der Waals surface area contributed by atoms with Gasteiger partial charge in [-0.2, -0.15) is 13.2 Å². The standard InChI is InChI=1S/C21H20ClF3N4O2/c1-29(14-5-3-13(4-6-14)27-20(30)18-10-26-11-31-18)17-9-19(21(23,24)25)28-16-7-2-12(22)8-15(16)17/h2,7-11,13-14H,3-6H2,1H3,(H,27,30). The van der Waals surface area contributed by atoms with Crippen LogP contribution in [0.3, 0.4) is 0 Å². The van der Waals surface area contributed by atoms with Gasteiger partial charge in [0.05, 0.1) is 11.7 Å². The number of carbonyl (C=O) groups excluding carboxylic acids is 1. The molecule has 0 unspecified atom stereocenters. The number of halogens is 4. The highest BCUT2D eigenvalue weighted by Crippen LogP contribution is 2.37. The van der Waals surface area contributed by atoms with Crippen LogP contribution in [0.5, 0.6) is 0 Å². The number of aromatic nitrogens is 2. The number of rotatable bonds is 4. The van der Waals surface area contributed by atoms with Gasteiger partial charge in [0, 0.05) is 35.2 Å². The smallest absolute Gasteiger partial charge is 0.433 e. The molecule has 0 atom stereocenters. The summed E-state index contributed by atoms with van der Waals surface area (Å²) in [5.41, 5.74) is -0.250. The number of nitrogens with zero attached hydrogens (tertiary/aromatic N) is 3. The van der Waals surface area contributed by atoms with Crippen LogP contribution in [-0.2, 0) is 6.18 Å². The Morgan fingerprint density at radius 3 is 2.61 bits per heavy atom. The van der Waals surface area contributed by atoms with Crippen molar-refractivity contribution in [2.45, 2.75) is 43.9 Å². The minimum Gasteiger partial charge on any atom is -0.438 e. The summed E-state index contributed by atoms with van der Waals surface area (Å²) in [5, 5.41) is 3.93. The number of carbonyl (C=O) groups is 1. The lowest BCUT2D eigenvalue weighted by molar-refractivity contribution is -0.140.